The molecule has 4 heterocycles. The van der Waals surface area contributed by atoms with Crippen molar-refractivity contribution in [3.05, 3.63) is 66.2 Å². The van der Waals surface area contributed by atoms with E-state index in [1.807, 2.05) is 24.4 Å². The molecule has 0 aliphatic carbocycles. The Balaban J connectivity index is 1.53. The maximum absolute atomic E-state index is 13.7. The summed E-state index contributed by atoms with van der Waals surface area (Å²) in [6, 6.07) is 12.3. The lowest BCUT2D eigenvalue weighted by atomic mass is 10.0. The zero-order valence-corrected chi connectivity index (χ0v) is 18.8. The van der Waals surface area contributed by atoms with Crippen LogP contribution >= 0.6 is 0 Å². The number of carbonyl (C=O) groups excluding carboxylic acids is 1. The first-order valence-corrected chi connectivity index (χ1v) is 11.4. The lowest BCUT2D eigenvalue weighted by Gasteiger charge is -2.32. The number of hydrogen-bond acceptors (Lipinski definition) is 5. The molecule has 7 nitrogen and oxygen atoms in total. The van der Waals surface area contributed by atoms with E-state index in [9.17, 15) is 9.18 Å². The molecule has 1 fully saturated rings. The van der Waals surface area contributed by atoms with Gasteiger partial charge < -0.3 is 15.0 Å². The summed E-state index contributed by atoms with van der Waals surface area (Å²) in [6.45, 7) is 1.68. The van der Waals surface area contributed by atoms with Gasteiger partial charge in [0.25, 0.3) is 0 Å². The molecule has 0 unspecified atom stereocenters. The summed E-state index contributed by atoms with van der Waals surface area (Å²) in [5, 5.41) is 2.89. The maximum Gasteiger partial charge on any atom is 0.228 e. The van der Waals surface area contributed by atoms with Crippen molar-refractivity contribution >= 4 is 23.1 Å². The monoisotopic (exact) mass is 457 g/mol. The van der Waals surface area contributed by atoms with E-state index < -0.39 is 0 Å². The molecule has 1 saturated heterocycles. The number of halogens is 1. The van der Waals surface area contributed by atoms with Gasteiger partial charge in [0.05, 0.1) is 23.9 Å². The number of imidazole rings is 1. The molecule has 0 radical (unpaired) electrons. The lowest BCUT2D eigenvalue weighted by molar-refractivity contribution is -0.115. The van der Waals surface area contributed by atoms with Gasteiger partial charge in [-0.05, 0) is 54.8 Å². The first-order valence-electron chi connectivity index (χ1n) is 11.4. The molecule has 0 spiro atoms. The van der Waals surface area contributed by atoms with Gasteiger partial charge in [-0.3, -0.25) is 9.20 Å². The molecule has 172 valence electrons. The molecule has 8 heteroatoms. The van der Waals surface area contributed by atoms with Gasteiger partial charge in [-0.15, -0.1) is 0 Å². The Morgan fingerprint density at radius 2 is 1.85 bits per heavy atom. The van der Waals surface area contributed by atoms with Gasteiger partial charge >= 0.3 is 0 Å². The highest BCUT2D eigenvalue weighted by Gasteiger charge is 2.26. The minimum Gasteiger partial charge on any atom is -0.381 e. The van der Waals surface area contributed by atoms with Crippen LogP contribution in [-0.2, 0) is 16.0 Å². The Labute approximate surface area is 196 Å². The summed E-state index contributed by atoms with van der Waals surface area (Å²) in [6.07, 6.45) is 6.19. The van der Waals surface area contributed by atoms with Crippen molar-refractivity contribution < 1.29 is 13.9 Å². The maximum atomic E-state index is 13.7. The van der Waals surface area contributed by atoms with Crippen molar-refractivity contribution in [2.75, 3.05) is 30.4 Å². The highest BCUT2D eigenvalue weighted by atomic mass is 19.1. The van der Waals surface area contributed by atoms with Crippen LogP contribution in [0.5, 0.6) is 0 Å². The summed E-state index contributed by atoms with van der Waals surface area (Å²) >= 11 is 0. The molecule has 34 heavy (non-hydrogen) atoms. The molecule has 2 aromatic heterocycles. The molecule has 0 bridgehead atoms. The fraction of sp³-hybridized carbons (Fsp3) is 0.269. The molecule has 1 N–H and O–H groups in total. The van der Waals surface area contributed by atoms with Crippen LogP contribution < -0.4 is 10.2 Å². The van der Waals surface area contributed by atoms with E-state index in [0.29, 0.717) is 6.42 Å². The number of anilines is 2. The van der Waals surface area contributed by atoms with Gasteiger partial charge in [0.2, 0.25) is 5.91 Å². The zero-order chi connectivity index (χ0) is 23.2. The number of hydrogen-bond donors (Lipinski definition) is 1. The first-order chi connectivity index (χ1) is 16.6. The molecular formula is C26H24FN5O2. The van der Waals surface area contributed by atoms with E-state index in [1.54, 1.807) is 25.4 Å². The van der Waals surface area contributed by atoms with Crippen LogP contribution in [0.2, 0.25) is 0 Å². The van der Waals surface area contributed by atoms with Crippen molar-refractivity contribution in [2.45, 2.75) is 25.4 Å². The Morgan fingerprint density at radius 3 is 2.62 bits per heavy atom. The number of benzene rings is 2. The summed E-state index contributed by atoms with van der Waals surface area (Å²) in [5.41, 5.74) is 5.95. The number of fused-ring (bicyclic) bond motifs is 2. The van der Waals surface area contributed by atoms with Gasteiger partial charge in [-0.25, -0.2) is 14.4 Å². The summed E-state index contributed by atoms with van der Waals surface area (Å²) < 4.78 is 21.3. The Morgan fingerprint density at radius 1 is 1.09 bits per heavy atom. The zero-order valence-electron chi connectivity index (χ0n) is 18.8. The standard InChI is InChI=1S/C26H24FN5O2/c1-34-20-8-11-31(12-9-20)25-26-30-23(16-2-5-19(27)6-3-16)24(32(26)13-10-28-25)17-4-7-21-18(14-17)15-22(33)29-21/h2-7,10,13-14,20H,8-9,11-12,15H2,1H3,(H,29,33). The van der Waals surface area contributed by atoms with Gasteiger partial charge in [-0.2, -0.15) is 0 Å². The molecule has 2 aliphatic heterocycles. The highest BCUT2D eigenvalue weighted by molar-refractivity contribution is 6.00. The molecule has 0 atom stereocenters. The third-order valence-electron chi connectivity index (χ3n) is 6.72. The van der Waals surface area contributed by atoms with Crippen molar-refractivity contribution in [2.24, 2.45) is 0 Å². The minimum atomic E-state index is -0.292. The van der Waals surface area contributed by atoms with Crippen LogP contribution in [0, 0.1) is 5.82 Å². The van der Waals surface area contributed by atoms with Crippen molar-refractivity contribution in [1.82, 2.24) is 14.4 Å². The van der Waals surface area contributed by atoms with Gasteiger partial charge in [0, 0.05) is 49.4 Å². The molecule has 2 aliphatic rings. The summed E-state index contributed by atoms with van der Waals surface area (Å²) in [4.78, 5) is 23.9. The first kappa shape index (κ1) is 20.8. The number of nitrogens with zero attached hydrogens (tertiary/aromatic N) is 4. The van der Waals surface area contributed by atoms with Crippen LogP contribution in [-0.4, -0.2) is 46.6 Å². The second-order valence-electron chi connectivity index (χ2n) is 8.78. The second-order valence-corrected chi connectivity index (χ2v) is 8.78. The van der Waals surface area contributed by atoms with Crippen molar-refractivity contribution in [1.29, 1.82) is 0 Å². The number of nitrogens with one attached hydrogen (secondary N) is 1. The number of methoxy groups -OCH3 is 1. The van der Waals surface area contributed by atoms with E-state index in [-0.39, 0.29) is 17.8 Å². The number of ether oxygens (including phenoxy) is 1. The van der Waals surface area contributed by atoms with Crippen molar-refractivity contribution in [3.8, 4) is 22.5 Å². The van der Waals surface area contributed by atoms with E-state index in [0.717, 1.165) is 71.2 Å². The Kier molecular flexibility index (Phi) is 5.03. The lowest BCUT2D eigenvalue weighted by Crippen LogP contribution is -2.37. The minimum absolute atomic E-state index is 0.00463. The number of aromatic nitrogens is 3. The predicted octanol–water partition coefficient (Wildman–Crippen LogP) is 4.31. The molecule has 1 amide bonds. The van der Waals surface area contributed by atoms with Crippen LogP contribution in [0.1, 0.15) is 18.4 Å². The topological polar surface area (TPSA) is 71.8 Å². The molecule has 6 rings (SSSR count). The van der Waals surface area contributed by atoms with E-state index in [4.69, 9.17) is 14.7 Å². The molecular weight excluding hydrogens is 433 g/mol. The summed E-state index contributed by atoms with van der Waals surface area (Å²) in [7, 11) is 1.76. The quantitative estimate of drug-likeness (QED) is 0.494. The number of rotatable bonds is 4. The fourth-order valence-corrected chi connectivity index (χ4v) is 4.95. The summed E-state index contributed by atoms with van der Waals surface area (Å²) in [5.74, 6) is 0.527. The second kappa shape index (κ2) is 8.22. The number of carbonyl (C=O) groups is 1. The molecule has 2 aromatic carbocycles. The third kappa shape index (κ3) is 3.51. The van der Waals surface area contributed by atoms with Crippen LogP contribution in [0.3, 0.4) is 0 Å². The fourth-order valence-electron chi connectivity index (χ4n) is 4.95. The third-order valence-corrected chi connectivity index (χ3v) is 6.72. The van der Waals surface area contributed by atoms with Crippen LogP contribution in [0.25, 0.3) is 28.2 Å². The van der Waals surface area contributed by atoms with Crippen LogP contribution in [0.15, 0.2) is 54.9 Å². The largest absolute Gasteiger partial charge is 0.381 e. The number of amides is 1. The van der Waals surface area contributed by atoms with Gasteiger partial charge in [0.1, 0.15) is 5.82 Å². The van der Waals surface area contributed by atoms with Gasteiger partial charge in [-0.1, -0.05) is 6.07 Å². The normalized spacial score (nSPS) is 16.2. The predicted molar refractivity (Wildman–Crippen MR) is 128 cm³/mol. The average molecular weight is 458 g/mol. The smallest absolute Gasteiger partial charge is 0.228 e. The van der Waals surface area contributed by atoms with E-state index in [2.05, 4.69) is 14.6 Å². The van der Waals surface area contributed by atoms with E-state index >= 15 is 0 Å². The van der Waals surface area contributed by atoms with Gasteiger partial charge in [0.15, 0.2) is 11.5 Å². The SMILES string of the molecule is COC1CCN(c2nccn3c(-c4ccc5c(c4)CC(=O)N5)c(-c4ccc(F)cc4)nc23)CC1. The average Bonchev–Trinajstić information content (AvgIpc) is 3.43. The van der Waals surface area contributed by atoms with Crippen molar-refractivity contribution in [3.63, 3.8) is 0 Å². The highest BCUT2D eigenvalue weighted by Crippen LogP contribution is 2.37. The molecule has 4 aromatic rings. The van der Waals surface area contributed by atoms with E-state index in [1.165, 1.54) is 12.1 Å². The Hall–Kier alpha value is -3.78. The van der Waals surface area contributed by atoms with Crippen LogP contribution in [0.4, 0.5) is 15.9 Å². The Bertz CT molecular complexity index is 1390. The number of piperidine rings is 1. The molecule has 0 saturated carbocycles.